The van der Waals surface area contributed by atoms with Crippen molar-refractivity contribution in [1.82, 2.24) is 4.90 Å². The van der Waals surface area contributed by atoms with E-state index >= 15 is 0 Å². The van der Waals surface area contributed by atoms with E-state index in [1.165, 1.54) is 16.9 Å². The van der Waals surface area contributed by atoms with Crippen molar-refractivity contribution in [2.75, 3.05) is 13.1 Å². The second-order valence-corrected chi connectivity index (χ2v) is 6.69. The minimum absolute atomic E-state index is 0.120. The molecule has 1 aromatic heterocycles. The van der Waals surface area contributed by atoms with Gasteiger partial charge in [-0.1, -0.05) is 30.3 Å². The molecular formula is C15H16BrNOS. The number of nitrogens with zero attached hydrogens (tertiary/aromatic N) is 1. The smallest absolute Gasteiger partial charge is 0.263 e. The number of likely N-dealkylation sites (N-methyl/N-ethyl adjacent to an activating group) is 1. The molecule has 100 valence electrons. The molecule has 2 rings (SSSR count). The van der Waals surface area contributed by atoms with Crippen molar-refractivity contribution >= 4 is 33.2 Å². The number of benzene rings is 1. The molecule has 0 aliphatic heterocycles. The molecule has 0 fully saturated rings. The van der Waals surface area contributed by atoms with Crippen molar-refractivity contribution in [2.45, 2.75) is 13.3 Å². The van der Waals surface area contributed by atoms with E-state index in [4.69, 9.17) is 0 Å². The van der Waals surface area contributed by atoms with Crippen LogP contribution in [0.4, 0.5) is 0 Å². The molecule has 0 bridgehead atoms. The molecule has 0 aliphatic carbocycles. The summed E-state index contributed by atoms with van der Waals surface area (Å²) in [5, 5.41) is 0. The summed E-state index contributed by atoms with van der Waals surface area (Å²) in [6.45, 7) is 3.52. The summed E-state index contributed by atoms with van der Waals surface area (Å²) >= 11 is 4.88. The van der Waals surface area contributed by atoms with Crippen LogP contribution >= 0.6 is 27.3 Å². The fourth-order valence-electron chi connectivity index (χ4n) is 1.90. The second kappa shape index (κ2) is 6.87. The first-order chi connectivity index (χ1) is 9.20. The van der Waals surface area contributed by atoms with Gasteiger partial charge >= 0.3 is 0 Å². The standard InChI is InChI=1S/C15H16BrNOS/c1-2-17(11-10-12-6-4-3-5-7-12)15(18)13-8-9-14(16)19-13/h3-9H,2,10-11H2,1H3. The molecule has 0 radical (unpaired) electrons. The van der Waals surface area contributed by atoms with Crippen molar-refractivity contribution in [3.8, 4) is 0 Å². The number of hydrogen-bond acceptors (Lipinski definition) is 2. The molecule has 0 aliphatic rings. The Morgan fingerprint density at radius 2 is 1.95 bits per heavy atom. The van der Waals surface area contributed by atoms with Gasteiger partial charge in [0.2, 0.25) is 0 Å². The van der Waals surface area contributed by atoms with E-state index in [0.717, 1.165) is 28.2 Å². The van der Waals surface area contributed by atoms with Crippen LogP contribution in [0.5, 0.6) is 0 Å². The number of carbonyl (C=O) groups excluding carboxylic acids is 1. The summed E-state index contributed by atoms with van der Waals surface area (Å²) in [7, 11) is 0. The van der Waals surface area contributed by atoms with E-state index in [2.05, 4.69) is 28.1 Å². The summed E-state index contributed by atoms with van der Waals surface area (Å²) in [5.74, 6) is 0.120. The van der Waals surface area contributed by atoms with Crippen LogP contribution < -0.4 is 0 Å². The van der Waals surface area contributed by atoms with Crippen LogP contribution in [0, 0.1) is 0 Å². The lowest BCUT2D eigenvalue weighted by Gasteiger charge is -2.20. The molecule has 0 unspecified atom stereocenters. The van der Waals surface area contributed by atoms with Gasteiger partial charge in [-0.05, 0) is 47.0 Å². The van der Waals surface area contributed by atoms with E-state index < -0.39 is 0 Å². The summed E-state index contributed by atoms with van der Waals surface area (Å²) in [6.07, 6.45) is 0.896. The molecule has 0 spiro atoms. The number of hydrogen-bond donors (Lipinski definition) is 0. The summed E-state index contributed by atoms with van der Waals surface area (Å²) < 4.78 is 0.995. The zero-order valence-corrected chi connectivity index (χ0v) is 13.2. The van der Waals surface area contributed by atoms with E-state index in [0.29, 0.717) is 0 Å². The first-order valence-corrected chi connectivity index (χ1v) is 7.90. The molecule has 1 heterocycles. The number of carbonyl (C=O) groups is 1. The maximum Gasteiger partial charge on any atom is 0.263 e. The number of thiophene rings is 1. The van der Waals surface area contributed by atoms with Crippen molar-refractivity contribution in [1.29, 1.82) is 0 Å². The minimum atomic E-state index is 0.120. The zero-order chi connectivity index (χ0) is 13.7. The largest absolute Gasteiger partial charge is 0.338 e. The maximum atomic E-state index is 12.3. The van der Waals surface area contributed by atoms with Crippen molar-refractivity contribution in [3.63, 3.8) is 0 Å². The average molecular weight is 338 g/mol. The Morgan fingerprint density at radius 3 is 2.53 bits per heavy atom. The molecule has 1 aromatic carbocycles. The normalized spacial score (nSPS) is 10.4. The highest BCUT2D eigenvalue weighted by Crippen LogP contribution is 2.23. The highest BCUT2D eigenvalue weighted by atomic mass is 79.9. The first kappa shape index (κ1) is 14.3. The Morgan fingerprint density at radius 1 is 1.21 bits per heavy atom. The Labute approximate surface area is 126 Å². The van der Waals surface area contributed by atoms with Crippen molar-refractivity contribution in [3.05, 3.63) is 56.7 Å². The lowest BCUT2D eigenvalue weighted by molar-refractivity contribution is 0.0771. The molecule has 0 N–H and O–H groups in total. The molecule has 1 amide bonds. The minimum Gasteiger partial charge on any atom is -0.338 e. The lowest BCUT2D eigenvalue weighted by Crippen LogP contribution is -2.32. The molecular weight excluding hydrogens is 322 g/mol. The Bertz CT molecular complexity index is 538. The SMILES string of the molecule is CCN(CCc1ccccc1)C(=O)c1ccc(Br)s1. The first-order valence-electron chi connectivity index (χ1n) is 6.29. The zero-order valence-electron chi connectivity index (χ0n) is 10.8. The predicted molar refractivity (Wildman–Crippen MR) is 83.7 cm³/mol. The number of amides is 1. The van der Waals surface area contributed by atoms with Gasteiger partial charge in [-0.2, -0.15) is 0 Å². The maximum absolute atomic E-state index is 12.3. The molecule has 0 atom stereocenters. The Hall–Kier alpha value is -1.13. The predicted octanol–water partition coefficient (Wildman–Crippen LogP) is 4.22. The van der Waals surface area contributed by atoms with Crippen LogP contribution in [0.15, 0.2) is 46.3 Å². The highest BCUT2D eigenvalue weighted by Gasteiger charge is 2.15. The third-order valence-electron chi connectivity index (χ3n) is 2.97. The van der Waals surface area contributed by atoms with Crippen LogP contribution in [-0.4, -0.2) is 23.9 Å². The van der Waals surface area contributed by atoms with Crippen LogP contribution in [0.1, 0.15) is 22.2 Å². The van der Waals surface area contributed by atoms with Crippen LogP contribution in [-0.2, 0) is 6.42 Å². The topological polar surface area (TPSA) is 20.3 Å². The fourth-order valence-corrected chi connectivity index (χ4v) is 3.25. The van der Waals surface area contributed by atoms with Crippen LogP contribution in [0.3, 0.4) is 0 Å². The molecule has 4 heteroatoms. The highest BCUT2D eigenvalue weighted by molar-refractivity contribution is 9.11. The fraction of sp³-hybridized carbons (Fsp3) is 0.267. The number of halogens is 1. The lowest BCUT2D eigenvalue weighted by atomic mass is 10.1. The van der Waals surface area contributed by atoms with Gasteiger partial charge in [0.25, 0.3) is 5.91 Å². The summed E-state index contributed by atoms with van der Waals surface area (Å²) in [6, 6.07) is 14.1. The third-order valence-corrected chi connectivity index (χ3v) is 4.58. The van der Waals surface area contributed by atoms with Gasteiger partial charge in [0.1, 0.15) is 0 Å². The molecule has 19 heavy (non-hydrogen) atoms. The van der Waals surface area contributed by atoms with Crippen LogP contribution in [0.2, 0.25) is 0 Å². The van der Waals surface area contributed by atoms with Gasteiger partial charge in [0.15, 0.2) is 0 Å². The van der Waals surface area contributed by atoms with Gasteiger partial charge in [-0.25, -0.2) is 0 Å². The molecule has 2 nitrogen and oxygen atoms in total. The van der Waals surface area contributed by atoms with E-state index in [1.54, 1.807) is 0 Å². The molecule has 0 saturated carbocycles. The quantitative estimate of drug-likeness (QED) is 0.799. The molecule has 0 saturated heterocycles. The van der Waals surface area contributed by atoms with Crippen LogP contribution in [0.25, 0.3) is 0 Å². The third kappa shape index (κ3) is 3.91. The Kier molecular flexibility index (Phi) is 5.16. The molecule has 2 aromatic rings. The monoisotopic (exact) mass is 337 g/mol. The van der Waals surface area contributed by atoms with E-state index in [-0.39, 0.29) is 5.91 Å². The van der Waals surface area contributed by atoms with Gasteiger partial charge in [0.05, 0.1) is 8.66 Å². The second-order valence-electron chi connectivity index (χ2n) is 4.22. The average Bonchev–Trinajstić information content (AvgIpc) is 2.87. The van der Waals surface area contributed by atoms with E-state index in [1.807, 2.05) is 42.2 Å². The summed E-state index contributed by atoms with van der Waals surface area (Å²) in [5.41, 5.74) is 1.26. The van der Waals surface area contributed by atoms with Crippen molar-refractivity contribution in [2.24, 2.45) is 0 Å². The number of rotatable bonds is 5. The van der Waals surface area contributed by atoms with E-state index in [9.17, 15) is 4.79 Å². The van der Waals surface area contributed by atoms with Gasteiger partial charge in [-0.15, -0.1) is 11.3 Å². The van der Waals surface area contributed by atoms with Crippen molar-refractivity contribution < 1.29 is 4.79 Å². The van der Waals surface area contributed by atoms with Gasteiger partial charge in [0, 0.05) is 13.1 Å². The van der Waals surface area contributed by atoms with Gasteiger partial charge < -0.3 is 4.90 Å². The summed E-state index contributed by atoms with van der Waals surface area (Å²) in [4.78, 5) is 15.0. The van der Waals surface area contributed by atoms with Gasteiger partial charge in [-0.3, -0.25) is 4.79 Å². The Balaban J connectivity index is 1.98.